The lowest BCUT2D eigenvalue weighted by Crippen LogP contribution is -2.03. The Morgan fingerprint density at radius 2 is 1.86 bits per heavy atom. The highest BCUT2D eigenvalue weighted by atomic mass is 79.9. The van der Waals surface area contributed by atoms with Crippen LogP contribution in [0.5, 0.6) is 0 Å². The Kier molecular flexibility index (Phi) is 4.32. The first-order chi connectivity index (χ1) is 10.1. The first kappa shape index (κ1) is 15.0. The van der Waals surface area contributed by atoms with E-state index in [0.717, 1.165) is 21.6 Å². The minimum Gasteiger partial charge on any atom is -0.231 e. The second kappa shape index (κ2) is 6.05. The van der Waals surface area contributed by atoms with Crippen molar-refractivity contribution in [2.45, 2.75) is 45.4 Å². The lowest BCUT2D eigenvalue weighted by Gasteiger charge is -2.14. The van der Waals surface area contributed by atoms with E-state index in [1.807, 2.05) is 0 Å². The van der Waals surface area contributed by atoms with Crippen LogP contribution in [0.4, 0.5) is 0 Å². The Bertz CT molecular complexity index is 679. The molecule has 1 heterocycles. The quantitative estimate of drug-likeness (QED) is 0.625. The molecule has 1 aliphatic carbocycles. The molecule has 0 spiro atoms. The molecule has 0 saturated heterocycles. The molecule has 0 radical (unpaired) electrons. The van der Waals surface area contributed by atoms with Crippen LogP contribution in [0.2, 0.25) is 5.15 Å². The molecular weight excluding hydrogens is 348 g/mol. The number of hydrogen-bond donors (Lipinski definition) is 0. The van der Waals surface area contributed by atoms with Gasteiger partial charge in [-0.15, -0.1) is 0 Å². The van der Waals surface area contributed by atoms with E-state index in [0.29, 0.717) is 11.1 Å². The fraction of sp³-hybridized carbons (Fsp3) is 0.412. The van der Waals surface area contributed by atoms with Crippen LogP contribution in [-0.4, -0.2) is 9.97 Å². The summed E-state index contributed by atoms with van der Waals surface area (Å²) in [5.74, 6) is 1.25. The highest BCUT2D eigenvalue weighted by Crippen LogP contribution is 2.39. The average molecular weight is 366 g/mol. The highest BCUT2D eigenvalue weighted by Gasteiger charge is 2.24. The van der Waals surface area contributed by atoms with Gasteiger partial charge < -0.3 is 0 Å². The average Bonchev–Trinajstić information content (AvgIpc) is 2.98. The van der Waals surface area contributed by atoms with Crippen LogP contribution in [0.3, 0.4) is 0 Å². The lowest BCUT2D eigenvalue weighted by atomic mass is 10.0. The predicted molar refractivity (Wildman–Crippen MR) is 90.9 cm³/mol. The number of aromatic nitrogens is 2. The molecule has 110 valence electrons. The van der Waals surface area contributed by atoms with Gasteiger partial charge in [0.15, 0.2) is 5.82 Å². The summed E-state index contributed by atoms with van der Waals surface area (Å²) in [4.78, 5) is 9.33. The molecule has 0 N–H and O–H groups in total. The predicted octanol–water partition coefficient (Wildman–Crippen LogP) is 5.83. The van der Waals surface area contributed by atoms with Gasteiger partial charge in [-0.25, -0.2) is 9.97 Å². The number of halogens is 2. The van der Waals surface area contributed by atoms with Crippen molar-refractivity contribution in [3.8, 4) is 11.4 Å². The van der Waals surface area contributed by atoms with E-state index in [2.05, 4.69) is 53.0 Å². The molecular formula is C17H18BrClN2. The number of benzene rings is 1. The molecule has 0 atom stereocenters. The Hall–Kier alpha value is -0.930. The van der Waals surface area contributed by atoms with Crippen LogP contribution < -0.4 is 0 Å². The molecule has 1 aromatic heterocycles. The minimum atomic E-state index is 0.503. The van der Waals surface area contributed by atoms with Crippen molar-refractivity contribution < 1.29 is 0 Å². The fourth-order valence-corrected chi connectivity index (χ4v) is 3.68. The largest absolute Gasteiger partial charge is 0.231 e. The molecule has 1 fully saturated rings. The van der Waals surface area contributed by atoms with Gasteiger partial charge in [0.2, 0.25) is 0 Å². The first-order valence-corrected chi connectivity index (χ1v) is 8.54. The number of aryl methyl sites for hydroxylation is 2. The Morgan fingerprint density at radius 3 is 2.57 bits per heavy atom. The molecule has 2 aromatic rings. The smallest absolute Gasteiger partial charge is 0.161 e. The van der Waals surface area contributed by atoms with Gasteiger partial charge in [0, 0.05) is 11.5 Å². The van der Waals surface area contributed by atoms with Gasteiger partial charge in [0.05, 0.1) is 10.2 Å². The Morgan fingerprint density at radius 1 is 1.14 bits per heavy atom. The summed E-state index contributed by atoms with van der Waals surface area (Å²) in [5, 5.41) is 0.516. The number of rotatable bonds is 2. The van der Waals surface area contributed by atoms with Crippen molar-refractivity contribution in [3.05, 3.63) is 44.6 Å². The summed E-state index contributed by atoms with van der Waals surface area (Å²) in [6, 6.07) is 6.35. The van der Waals surface area contributed by atoms with Crippen molar-refractivity contribution in [2.75, 3.05) is 0 Å². The molecule has 3 rings (SSSR count). The monoisotopic (exact) mass is 364 g/mol. The van der Waals surface area contributed by atoms with E-state index >= 15 is 0 Å². The molecule has 1 aliphatic rings. The Balaban J connectivity index is 2.13. The molecule has 4 heteroatoms. The summed E-state index contributed by atoms with van der Waals surface area (Å²) < 4.78 is 0.866. The maximum Gasteiger partial charge on any atom is 0.161 e. The van der Waals surface area contributed by atoms with E-state index in [1.165, 1.54) is 36.8 Å². The van der Waals surface area contributed by atoms with Crippen molar-refractivity contribution >= 4 is 27.5 Å². The topological polar surface area (TPSA) is 25.8 Å². The summed E-state index contributed by atoms with van der Waals surface area (Å²) in [6.07, 6.45) is 4.94. The summed E-state index contributed by atoms with van der Waals surface area (Å²) in [5.41, 5.74) is 4.53. The maximum absolute atomic E-state index is 6.34. The van der Waals surface area contributed by atoms with Gasteiger partial charge >= 0.3 is 0 Å². The SMILES string of the molecule is Cc1ccc(C)c(-c2nc(Cl)c(Br)c(C3CCCC3)n2)c1. The summed E-state index contributed by atoms with van der Waals surface area (Å²) in [6.45, 7) is 4.17. The molecule has 1 aromatic carbocycles. The molecule has 0 unspecified atom stereocenters. The van der Waals surface area contributed by atoms with E-state index in [4.69, 9.17) is 16.6 Å². The zero-order valence-electron chi connectivity index (χ0n) is 12.3. The van der Waals surface area contributed by atoms with Crippen LogP contribution >= 0.6 is 27.5 Å². The zero-order chi connectivity index (χ0) is 15.0. The van der Waals surface area contributed by atoms with Gasteiger partial charge in [-0.05, 0) is 54.2 Å². The molecule has 1 saturated carbocycles. The van der Waals surface area contributed by atoms with Crippen LogP contribution in [0.15, 0.2) is 22.7 Å². The van der Waals surface area contributed by atoms with Crippen molar-refractivity contribution in [2.24, 2.45) is 0 Å². The molecule has 0 bridgehead atoms. The van der Waals surface area contributed by atoms with E-state index < -0.39 is 0 Å². The van der Waals surface area contributed by atoms with Crippen LogP contribution in [0.1, 0.15) is 48.4 Å². The van der Waals surface area contributed by atoms with Crippen molar-refractivity contribution in [1.82, 2.24) is 9.97 Å². The van der Waals surface area contributed by atoms with Gasteiger partial charge in [0.1, 0.15) is 5.15 Å². The third-order valence-corrected chi connectivity index (χ3v) is 5.50. The standard InChI is InChI=1S/C17H18BrClN2/c1-10-7-8-11(2)13(9-10)17-20-15(12-5-3-4-6-12)14(18)16(19)21-17/h7-9,12H,3-6H2,1-2H3. The minimum absolute atomic E-state index is 0.503. The molecule has 0 amide bonds. The van der Waals surface area contributed by atoms with Crippen molar-refractivity contribution in [3.63, 3.8) is 0 Å². The van der Waals surface area contributed by atoms with Crippen molar-refractivity contribution in [1.29, 1.82) is 0 Å². The van der Waals surface area contributed by atoms with Gasteiger partial charge in [-0.3, -0.25) is 0 Å². The molecule has 21 heavy (non-hydrogen) atoms. The highest BCUT2D eigenvalue weighted by molar-refractivity contribution is 9.10. The van der Waals surface area contributed by atoms with Gasteiger partial charge in [0.25, 0.3) is 0 Å². The molecule has 2 nitrogen and oxygen atoms in total. The van der Waals surface area contributed by atoms with Crippen LogP contribution in [0.25, 0.3) is 11.4 Å². The second-order valence-corrected chi connectivity index (χ2v) is 6.99. The normalized spacial score (nSPS) is 15.6. The maximum atomic E-state index is 6.34. The second-order valence-electron chi connectivity index (χ2n) is 5.84. The Labute approximate surface area is 139 Å². The van der Waals surface area contributed by atoms with Crippen LogP contribution in [-0.2, 0) is 0 Å². The van der Waals surface area contributed by atoms with E-state index in [-0.39, 0.29) is 0 Å². The van der Waals surface area contributed by atoms with E-state index in [9.17, 15) is 0 Å². The zero-order valence-corrected chi connectivity index (χ0v) is 14.6. The third kappa shape index (κ3) is 3.00. The fourth-order valence-electron chi connectivity index (χ4n) is 3.00. The van der Waals surface area contributed by atoms with Gasteiger partial charge in [-0.1, -0.05) is 42.1 Å². The summed E-state index contributed by atoms with van der Waals surface area (Å²) >= 11 is 9.91. The first-order valence-electron chi connectivity index (χ1n) is 7.37. The van der Waals surface area contributed by atoms with E-state index in [1.54, 1.807) is 0 Å². The van der Waals surface area contributed by atoms with Gasteiger partial charge in [-0.2, -0.15) is 0 Å². The van der Waals surface area contributed by atoms with Crippen LogP contribution in [0, 0.1) is 13.8 Å². The molecule has 0 aliphatic heterocycles. The number of nitrogens with zero attached hydrogens (tertiary/aromatic N) is 2. The lowest BCUT2D eigenvalue weighted by molar-refractivity contribution is 0.690. The number of hydrogen-bond acceptors (Lipinski definition) is 2. The third-order valence-electron chi connectivity index (χ3n) is 4.21. The summed E-state index contributed by atoms with van der Waals surface area (Å²) in [7, 11) is 0.